The Labute approximate surface area is 212 Å². The molecule has 0 radical (unpaired) electrons. The molecule has 3 N–H and O–H groups in total. The highest BCUT2D eigenvalue weighted by Gasteiger charge is 2.55. The van der Waals surface area contributed by atoms with Crippen molar-refractivity contribution in [3.63, 3.8) is 0 Å². The predicted octanol–water partition coefficient (Wildman–Crippen LogP) is 4.31. The Kier molecular flexibility index (Phi) is 5.55. The van der Waals surface area contributed by atoms with Gasteiger partial charge >= 0.3 is 0 Å². The first-order valence-electron chi connectivity index (χ1n) is 11.7. The van der Waals surface area contributed by atoms with Gasteiger partial charge in [0.25, 0.3) is 5.91 Å². The Balaban J connectivity index is 1.59. The molecule has 0 saturated carbocycles. The number of amides is 1. The molecule has 1 atom stereocenters. The lowest BCUT2D eigenvalue weighted by atomic mass is 9.71. The quantitative estimate of drug-likeness (QED) is 0.447. The molecule has 0 saturated heterocycles. The van der Waals surface area contributed by atoms with Crippen LogP contribution in [0.2, 0.25) is 0 Å². The Morgan fingerprint density at radius 2 is 1.86 bits per heavy atom. The summed E-state index contributed by atoms with van der Waals surface area (Å²) in [5, 5.41) is 26.2. The molecule has 1 aliphatic carbocycles. The highest BCUT2D eigenvalue weighted by atomic mass is 16.5. The second-order valence-corrected chi connectivity index (χ2v) is 9.32. The van der Waals surface area contributed by atoms with E-state index >= 15 is 0 Å². The number of rotatable bonds is 5. The minimum Gasteiger partial charge on any atom is -0.507 e. The number of fused-ring (bicyclic) bond motifs is 4. The number of phenolic OH excluding ortho intramolecular Hbond substituents is 1. The van der Waals surface area contributed by atoms with E-state index < -0.39 is 34.2 Å². The van der Waals surface area contributed by atoms with Crippen molar-refractivity contribution < 1.29 is 34.1 Å². The lowest BCUT2D eigenvalue weighted by Crippen LogP contribution is -2.38. The number of aliphatic hydroxyl groups excluding tert-OH is 1. The molecule has 1 amide bonds. The molecule has 37 heavy (non-hydrogen) atoms. The van der Waals surface area contributed by atoms with Crippen molar-refractivity contribution in [2.24, 2.45) is 0 Å². The predicted molar refractivity (Wildman–Crippen MR) is 136 cm³/mol. The molecule has 0 unspecified atom stereocenters. The number of methoxy groups -OCH3 is 1. The number of allylic oxidation sites excluding steroid dienone is 3. The van der Waals surface area contributed by atoms with Gasteiger partial charge in [0.2, 0.25) is 0 Å². The molecular weight excluding hydrogens is 474 g/mol. The number of aromatic hydroxyl groups is 1. The van der Waals surface area contributed by atoms with Crippen molar-refractivity contribution in [2.75, 3.05) is 7.11 Å². The number of aliphatic hydroxyl groups is 1. The molecular formula is C29H25NO7. The average molecular weight is 500 g/mol. The van der Waals surface area contributed by atoms with Gasteiger partial charge in [-0.2, -0.15) is 0 Å². The molecule has 0 spiro atoms. The van der Waals surface area contributed by atoms with Gasteiger partial charge in [0, 0.05) is 18.7 Å². The molecule has 188 valence electrons. The van der Waals surface area contributed by atoms with Crippen LogP contribution in [0, 0.1) is 6.92 Å². The van der Waals surface area contributed by atoms with Gasteiger partial charge < -0.3 is 25.0 Å². The Morgan fingerprint density at radius 3 is 2.57 bits per heavy atom. The standard InChI is InChI=1S/C29H25NO7/c1-14-9-10-16-7-5-6-8-17(16)18(14)13-30-28(35)24-21(36-4)11-20(33)25-26(24)37-22-12-19(32)23(15(2)31)27(34)29(22,25)3/h5-12,32-33H,13H2,1-4H3,(H,30,35)/t29-/m1/s1. The van der Waals surface area contributed by atoms with Crippen LogP contribution >= 0.6 is 0 Å². The number of phenols is 1. The van der Waals surface area contributed by atoms with E-state index in [2.05, 4.69) is 5.32 Å². The fraction of sp³-hybridized carbons (Fsp3) is 0.207. The lowest BCUT2D eigenvalue weighted by molar-refractivity contribution is -0.123. The minimum absolute atomic E-state index is 0.00231. The maximum atomic E-state index is 13.6. The molecule has 8 nitrogen and oxygen atoms in total. The number of Topliss-reactive ketones (excluding diaryl/α,β-unsaturated/α-hetero) is 2. The molecule has 1 aliphatic heterocycles. The molecule has 0 aromatic heterocycles. The summed E-state index contributed by atoms with van der Waals surface area (Å²) in [4.78, 5) is 39.1. The molecule has 1 heterocycles. The summed E-state index contributed by atoms with van der Waals surface area (Å²) in [5.41, 5.74) is -0.0366. The first kappa shape index (κ1) is 24.1. The zero-order valence-corrected chi connectivity index (χ0v) is 20.8. The van der Waals surface area contributed by atoms with Crippen LogP contribution in [0.5, 0.6) is 17.2 Å². The number of carbonyl (C=O) groups excluding carboxylic acids is 3. The Morgan fingerprint density at radius 1 is 1.14 bits per heavy atom. The molecule has 0 bridgehead atoms. The fourth-order valence-electron chi connectivity index (χ4n) is 5.16. The summed E-state index contributed by atoms with van der Waals surface area (Å²) in [7, 11) is 1.35. The maximum Gasteiger partial charge on any atom is 0.259 e. The van der Waals surface area contributed by atoms with Crippen molar-refractivity contribution in [3.8, 4) is 17.2 Å². The zero-order valence-electron chi connectivity index (χ0n) is 20.8. The summed E-state index contributed by atoms with van der Waals surface area (Å²) in [6.07, 6.45) is 1.17. The number of hydrogen-bond donors (Lipinski definition) is 3. The Hall–Kier alpha value is -4.59. The number of carbonyl (C=O) groups is 3. The monoisotopic (exact) mass is 499 g/mol. The fourth-order valence-corrected chi connectivity index (χ4v) is 5.16. The first-order chi connectivity index (χ1) is 17.6. The van der Waals surface area contributed by atoms with Crippen LogP contribution in [0.4, 0.5) is 0 Å². The second-order valence-electron chi connectivity index (χ2n) is 9.32. The third-order valence-electron chi connectivity index (χ3n) is 7.13. The van der Waals surface area contributed by atoms with E-state index in [-0.39, 0.29) is 40.7 Å². The zero-order chi connectivity index (χ0) is 26.6. The number of aryl methyl sites for hydroxylation is 1. The Bertz CT molecular complexity index is 1600. The minimum atomic E-state index is -1.61. The molecule has 3 aromatic rings. The SMILES string of the molecule is COc1cc(O)c2c(c1C(=O)NCc1c(C)ccc3ccccc13)OC1=CC(O)=C(C(C)=O)C(=O)[C@]12C. The molecule has 3 aromatic carbocycles. The van der Waals surface area contributed by atoms with Gasteiger partial charge in [-0.05, 0) is 42.7 Å². The van der Waals surface area contributed by atoms with Crippen LogP contribution in [0.15, 0.2) is 65.6 Å². The molecule has 2 aliphatic rings. The van der Waals surface area contributed by atoms with Gasteiger partial charge in [-0.15, -0.1) is 0 Å². The van der Waals surface area contributed by atoms with Crippen molar-refractivity contribution in [1.82, 2.24) is 5.32 Å². The van der Waals surface area contributed by atoms with Gasteiger partial charge in [-0.25, -0.2) is 0 Å². The van der Waals surface area contributed by atoms with Gasteiger partial charge in [0.05, 0.1) is 12.7 Å². The van der Waals surface area contributed by atoms with E-state index in [0.717, 1.165) is 21.9 Å². The lowest BCUT2D eigenvalue weighted by Gasteiger charge is -2.27. The third kappa shape index (κ3) is 3.48. The summed E-state index contributed by atoms with van der Waals surface area (Å²) in [6, 6.07) is 13.1. The summed E-state index contributed by atoms with van der Waals surface area (Å²) in [6.45, 7) is 4.83. The van der Waals surface area contributed by atoms with Crippen LogP contribution in [0.3, 0.4) is 0 Å². The summed E-state index contributed by atoms with van der Waals surface area (Å²) in [5.74, 6) is -2.78. The normalized spacial score (nSPS) is 18.2. The van der Waals surface area contributed by atoms with Crippen LogP contribution in [-0.4, -0.2) is 34.8 Å². The van der Waals surface area contributed by atoms with E-state index in [0.29, 0.717) is 0 Å². The largest absolute Gasteiger partial charge is 0.507 e. The van der Waals surface area contributed by atoms with E-state index in [9.17, 15) is 24.6 Å². The molecule has 8 heteroatoms. The number of benzene rings is 3. The summed E-state index contributed by atoms with van der Waals surface area (Å²) < 4.78 is 11.3. The first-order valence-corrected chi connectivity index (χ1v) is 11.7. The van der Waals surface area contributed by atoms with Gasteiger partial charge in [0.1, 0.15) is 39.6 Å². The third-order valence-corrected chi connectivity index (χ3v) is 7.13. The van der Waals surface area contributed by atoms with E-state index in [1.807, 2.05) is 43.3 Å². The van der Waals surface area contributed by atoms with Gasteiger partial charge in [-0.3, -0.25) is 14.4 Å². The smallest absolute Gasteiger partial charge is 0.259 e. The van der Waals surface area contributed by atoms with Crippen molar-refractivity contribution in [2.45, 2.75) is 32.7 Å². The number of nitrogens with one attached hydrogen (secondary N) is 1. The molecule has 0 fully saturated rings. The van der Waals surface area contributed by atoms with Gasteiger partial charge in [0.15, 0.2) is 17.3 Å². The number of ketones is 2. The van der Waals surface area contributed by atoms with Crippen LogP contribution in [-0.2, 0) is 21.5 Å². The van der Waals surface area contributed by atoms with E-state index in [1.165, 1.54) is 33.1 Å². The topological polar surface area (TPSA) is 122 Å². The average Bonchev–Trinajstić information content (AvgIpc) is 3.16. The van der Waals surface area contributed by atoms with Crippen molar-refractivity contribution in [1.29, 1.82) is 0 Å². The highest BCUT2D eigenvalue weighted by molar-refractivity contribution is 6.25. The van der Waals surface area contributed by atoms with Crippen LogP contribution < -0.4 is 14.8 Å². The van der Waals surface area contributed by atoms with Gasteiger partial charge in [-0.1, -0.05) is 36.4 Å². The number of ether oxygens (including phenoxy) is 2. The molecule has 5 rings (SSSR count). The second kappa shape index (κ2) is 8.51. The van der Waals surface area contributed by atoms with E-state index in [1.54, 1.807) is 0 Å². The van der Waals surface area contributed by atoms with Crippen molar-refractivity contribution >= 4 is 28.2 Å². The highest BCUT2D eigenvalue weighted by Crippen LogP contribution is 2.56. The van der Waals surface area contributed by atoms with Crippen LogP contribution in [0.25, 0.3) is 10.8 Å². The summed E-state index contributed by atoms with van der Waals surface area (Å²) >= 11 is 0. The van der Waals surface area contributed by atoms with Crippen LogP contribution in [0.1, 0.15) is 40.9 Å². The maximum absolute atomic E-state index is 13.6. The van der Waals surface area contributed by atoms with Crippen molar-refractivity contribution in [3.05, 3.63) is 87.9 Å². The number of hydrogen-bond acceptors (Lipinski definition) is 7. The van der Waals surface area contributed by atoms with E-state index in [4.69, 9.17) is 9.47 Å².